The van der Waals surface area contributed by atoms with E-state index in [4.69, 9.17) is 20.2 Å². The second kappa shape index (κ2) is 15.7. The van der Waals surface area contributed by atoms with Gasteiger partial charge in [-0.25, -0.2) is 10.4 Å². The molecule has 5 N–H and O–H groups in total. The molecule has 5 bridgehead atoms. The first-order valence-corrected chi connectivity index (χ1v) is 16.6. The number of fused-ring (bicyclic) bond motifs is 4. The summed E-state index contributed by atoms with van der Waals surface area (Å²) in [6, 6.07) is 5.65. The molecule has 7 atom stereocenters. The largest absolute Gasteiger partial charge is 0.460 e. The Morgan fingerprint density at radius 2 is 1.73 bits per heavy atom. The third kappa shape index (κ3) is 8.75. The highest BCUT2D eigenvalue weighted by molar-refractivity contribution is 5.93. The molecule has 48 heavy (non-hydrogen) atoms. The van der Waals surface area contributed by atoms with E-state index >= 15 is 0 Å². The van der Waals surface area contributed by atoms with E-state index in [1.807, 2.05) is 24.3 Å². The van der Waals surface area contributed by atoms with Gasteiger partial charge < -0.3 is 25.8 Å². The number of carbonyl (C=O) groups excluding carboxylic acids is 5. The number of pyridine rings is 1. The molecule has 0 aliphatic carbocycles. The van der Waals surface area contributed by atoms with Crippen LogP contribution in [0.25, 0.3) is 17.0 Å². The van der Waals surface area contributed by atoms with Crippen molar-refractivity contribution in [2.24, 2.45) is 23.5 Å². The lowest BCUT2D eigenvalue weighted by molar-refractivity contribution is -0.157. The summed E-state index contributed by atoms with van der Waals surface area (Å²) in [6.07, 6.45) is 2.76. The molecule has 3 heterocycles. The molecular weight excluding hydrogens is 616 g/mol. The molecule has 1 aromatic heterocycles. The van der Waals surface area contributed by atoms with Crippen LogP contribution < -0.4 is 21.8 Å². The second-order valence-electron chi connectivity index (χ2n) is 13.3. The van der Waals surface area contributed by atoms with Crippen LogP contribution in [0.5, 0.6) is 0 Å². The van der Waals surface area contributed by atoms with Crippen LogP contribution in [0.4, 0.5) is 0 Å². The van der Waals surface area contributed by atoms with Crippen LogP contribution in [-0.2, 0) is 33.4 Å². The van der Waals surface area contributed by atoms with Crippen molar-refractivity contribution in [2.45, 2.75) is 97.7 Å². The van der Waals surface area contributed by atoms with Crippen molar-refractivity contribution >= 4 is 46.6 Å². The lowest BCUT2D eigenvalue weighted by Crippen LogP contribution is -2.61. The minimum atomic E-state index is -1.01. The Morgan fingerprint density at radius 1 is 1.02 bits per heavy atom. The number of nitrogens with two attached hydrogens (primary N) is 1. The molecule has 2 aromatic rings. The van der Waals surface area contributed by atoms with Crippen molar-refractivity contribution in [3.63, 3.8) is 0 Å². The van der Waals surface area contributed by atoms with Gasteiger partial charge in [0.25, 0.3) is 5.91 Å². The number of esters is 2. The Balaban J connectivity index is 1.74. The first kappa shape index (κ1) is 36.5. The van der Waals surface area contributed by atoms with Gasteiger partial charge in [0.15, 0.2) is 0 Å². The van der Waals surface area contributed by atoms with Crippen molar-refractivity contribution in [2.75, 3.05) is 6.54 Å². The smallest absolute Gasteiger partial charge is 0.325 e. The van der Waals surface area contributed by atoms with Gasteiger partial charge in [-0.05, 0) is 63.1 Å². The molecule has 0 radical (unpaired) electrons. The van der Waals surface area contributed by atoms with Crippen molar-refractivity contribution in [3.8, 4) is 0 Å². The zero-order valence-corrected chi connectivity index (χ0v) is 28.7. The van der Waals surface area contributed by atoms with Gasteiger partial charge in [0, 0.05) is 11.9 Å². The standard InChI is InChI=1S/C35H48N6O7/c1-18(2)29(36)35(46)47-21(6)25-14-11-23-10-12-24-13-15-26(38-28(24)17-23)22(7)48-34(45)27-9-8-16-41(40-27)33(44)20(5)37-32(43)30(19(3)4)39-31(25)42/h10-15,17-22,25,27,29-30,40H,8-9,16,36H2,1-7H3,(H,37,43)(H,39,42)/t20-,21-,22+,25+,27-,29-,30-/m0/s1. The van der Waals surface area contributed by atoms with Gasteiger partial charge in [-0.2, -0.15) is 0 Å². The quantitative estimate of drug-likeness (QED) is 0.347. The van der Waals surface area contributed by atoms with Crippen molar-refractivity contribution < 1.29 is 33.4 Å². The number of amides is 3. The van der Waals surface area contributed by atoms with Gasteiger partial charge >= 0.3 is 11.9 Å². The van der Waals surface area contributed by atoms with E-state index in [0.29, 0.717) is 30.6 Å². The third-order valence-electron chi connectivity index (χ3n) is 8.76. The maximum absolute atomic E-state index is 13.9. The van der Waals surface area contributed by atoms with Crippen LogP contribution in [0, 0.1) is 17.8 Å². The molecule has 260 valence electrons. The van der Waals surface area contributed by atoms with E-state index in [1.165, 1.54) is 5.01 Å². The molecule has 1 aromatic carbocycles. The molecule has 3 amide bonds. The number of carbonyl (C=O) groups is 5. The topological polar surface area (TPSA) is 182 Å². The van der Waals surface area contributed by atoms with Crippen LogP contribution in [0.1, 0.15) is 78.7 Å². The summed E-state index contributed by atoms with van der Waals surface area (Å²) in [7, 11) is 0. The molecule has 2 aliphatic rings. The lowest BCUT2D eigenvalue weighted by Gasteiger charge is -2.35. The molecule has 1 saturated heterocycles. The highest BCUT2D eigenvalue weighted by Crippen LogP contribution is 2.23. The number of nitrogens with one attached hydrogen (secondary N) is 3. The average Bonchev–Trinajstić information content (AvgIpc) is 3.05. The minimum absolute atomic E-state index is 0.178. The molecule has 0 saturated carbocycles. The predicted octanol–water partition coefficient (Wildman–Crippen LogP) is 2.54. The van der Waals surface area contributed by atoms with Gasteiger partial charge in [-0.3, -0.25) is 29.0 Å². The first-order chi connectivity index (χ1) is 22.7. The number of aromatic nitrogens is 1. The third-order valence-corrected chi connectivity index (χ3v) is 8.76. The van der Waals surface area contributed by atoms with Gasteiger partial charge in [0.2, 0.25) is 11.8 Å². The number of cyclic esters (lactones) is 1. The zero-order chi connectivity index (χ0) is 35.3. The molecule has 13 nitrogen and oxygen atoms in total. The normalized spacial score (nSPS) is 25.8. The second-order valence-corrected chi connectivity index (χ2v) is 13.3. The molecular formula is C35H48N6O7. The number of ether oxygens (including phenoxy) is 2. The summed E-state index contributed by atoms with van der Waals surface area (Å²) < 4.78 is 11.4. The Bertz CT molecular complexity index is 1560. The van der Waals surface area contributed by atoms with Gasteiger partial charge in [-0.15, -0.1) is 0 Å². The van der Waals surface area contributed by atoms with Crippen molar-refractivity contribution in [1.82, 2.24) is 26.1 Å². The average molecular weight is 665 g/mol. The fourth-order valence-corrected chi connectivity index (χ4v) is 5.57. The fourth-order valence-electron chi connectivity index (χ4n) is 5.57. The van der Waals surface area contributed by atoms with E-state index < -0.39 is 72.0 Å². The van der Waals surface area contributed by atoms with E-state index in [-0.39, 0.29) is 11.8 Å². The van der Waals surface area contributed by atoms with Crippen LogP contribution in [-0.4, -0.2) is 76.5 Å². The van der Waals surface area contributed by atoms with Gasteiger partial charge in [0.1, 0.15) is 36.4 Å². The molecule has 1 fully saturated rings. The number of benzene rings is 1. The highest BCUT2D eigenvalue weighted by atomic mass is 16.5. The molecule has 4 rings (SSSR count). The Hall–Kier alpha value is -4.36. The molecule has 13 heteroatoms. The first-order valence-electron chi connectivity index (χ1n) is 16.6. The predicted molar refractivity (Wildman–Crippen MR) is 179 cm³/mol. The Labute approximate surface area is 281 Å². The maximum Gasteiger partial charge on any atom is 0.325 e. The van der Waals surface area contributed by atoms with E-state index in [2.05, 4.69) is 16.1 Å². The number of nitrogens with zero attached hydrogens (tertiary/aromatic N) is 2. The number of hydrogen-bond donors (Lipinski definition) is 4. The highest BCUT2D eigenvalue weighted by Gasteiger charge is 2.36. The summed E-state index contributed by atoms with van der Waals surface area (Å²) in [5.41, 5.74) is 10.9. The van der Waals surface area contributed by atoms with Crippen molar-refractivity contribution in [1.29, 1.82) is 0 Å². The van der Waals surface area contributed by atoms with Crippen LogP contribution in [0.15, 0.2) is 36.4 Å². The number of hydrogen-bond acceptors (Lipinski definition) is 10. The van der Waals surface area contributed by atoms with E-state index in [9.17, 15) is 24.0 Å². The molecule has 0 unspecified atom stereocenters. The van der Waals surface area contributed by atoms with Gasteiger partial charge in [0.05, 0.1) is 17.1 Å². The Morgan fingerprint density at radius 3 is 2.42 bits per heavy atom. The van der Waals surface area contributed by atoms with Crippen LogP contribution >= 0.6 is 0 Å². The van der Waals surface area contributed by atoms with Crippen LogP contribution in [0.2, 0.25) is 0 Å². The maximum atomic E-state index is 13.9. The van der Waals surface area contributed by atoms with Crippen molar-refractivity contribution in [3.05, 3.63) is 47.7 Å². The summed E-state index contributed by atoms with van der Waals surface area (Å²) in [4.78, 5) is 71.4. The molecule has 0 spiro atoms. The van der Waals surface area contributed by atoms with Crippen LogP contribution in [0.3, 0.4) is 0 Å². The monoisotopic (exact) mass is 664 g/mol. The summed E-state index contributed by atoms with van der Waals surface area (Å²) in [5, 5.41) is 7.71. The zero-order valence-electron chi connectivity index (χ0n) is 28.7. The molecule has 2 aliphatic heterocycles. The summed E-state index contributed by atoms with van der Waals surface area (Å²) >= 11 is 0. The summed E-state index contributed by atoms with van der Waals surface area (Å²) in [5.74, 6) is -4.24. The SMILES string of the molecule is CC(C)[C@H](N)C(=O)O[C@@H](C)[C@H]1C=Cc2ccc3ccc(nc3c2)[C@@H](C)OC(=O)[C@@H]2CCCN(N2)C(=O)[C@H](C)NC(=O)[C@H](C(C)C)NC1=O. The number of hydrazine groups is 1. The van der Waals surface area contributed by atoms with Gasteiger partial charge in [-0.1, -0.05) is 58.0 Å². The number of rotatable bonds is 5. The minimum Gasteiger partial charge on any atom is -0.460 e. The summed E-state index contributed by atoms with van der Waals surface area (Å²) in [6.45, 7) is 12.4. The fraction of sp³-hybridized carbons (Fsp3) is 0.543. The lowest BCUT2D eigenvalue weighted by atomic mass is 9.97. The Kier molecular flexibility index (Phi) is 11.9. The van der Waals surface area contributed by atoms with E-state index in [1.54, 1.807) is 66.7 Å². The van der Waals surface area contributed by atoms with E-state index in [0.717, 1.165) is 10.9 Å².